The number of nitrogens with zero attached hydrogens (tertiary/aromatic N) is 1. The summed E-state index contributed by atoms with van der Waals surface area (Å²) >= 11 is 0. The van der Waals surface area contributed by atoms with Gasteiger partial charge in [0.2, 0.25) is 0 Å². The summed E-state index contributed by atoms with van der Waals surface area (Å²) in [5.41, 5.74) is 3.51. The molecule has 2 aliphatic carbocycles. The van der Waals surface area contributed by atoms with Crippen LogP contribution in [0.2, 0.25) is 0 Å². The van der Waals surface area contributed by atoms with E-state index < -0.39 is 0 Å². The van der Waals surface area contributed by atoms with Gasteiger partial charge in [-0.15, -0.1) is 0 Å². The summed E-state index contributed by atoms with van der Waals surface area (Å²) in [6, 6.07) is 0. The Hall–Kier alpha value is -0.870. The number of esters is 1. The lowest BCUT2D eigenvalue weighted by atomic mass is 9.59. The molecule has 1 saturated carbocycles. The van der Waals surface area contributed by atoms with Crippen molar-refractivity contribution in [1.82, 2.24) is 10.2 Å². The Morgan fingerprint density at radius 1 is 1.13 bits per heavy atom. The largest absolute Gasteiger partial charge is 0.462 e. The average Bonchev–Trinajstić information content (AvgIpc) is 3.01. The molecule has 30 heavy (non-hydrogen) atoms. The van der Waals surface area contributed by atoms with Crippen LogP contribution in [0, 0.1) is 17.3 Å². The molecule has 3 aliphatic rings. The number of hydrogen-bond donors (Lipinski definition) is 1. The molecule has 0 bridgehead atoms. The second kappa shape index (κ2) is 11.1. The van der Waals surface area contributed by atoms with Gasteiger partial charge in [0.15, 0.2) is 0 Å². The number of unbranched alkanes of at least 4 members (excludes halogenated alkanes) is 2. The molecule has 1 N–H and O–H groups in total. The molecule has 0 amide bonds. The number of fused-ring (bicyclic) bond motifs is 2. The third kappa shape index (κ3) is 5.68. The number of carbonyl (C=O) groups excluding carboxylic acids is 1. The van der Waals surface area contributed by atoms with Crippen LogP contribution in [0.4, 0.5) is 0 Å². The second-order valence-electron chi connectivity index (χ2n) is 10.4. The van der Waals surface area contributed by atoms with Gasteiger partial charge in [0.1, 0.15) is 6.10 Å². The van der Waals surface area contributed by atoms with E-state index in [2.05, 4.69) is 37.9 Å². The van der Waals surface area contributed by atoms with Gasteiger partial charge in [0, 0.05) is 12.5 Å². The van der Waals surface area contributed by atoms with E-state index in [1.807, 2.05) is 0 Å². The first-order chi connectivity index (χ1) is 14.5. The lowest BCUT2D eigenvalue weighted by molar-refractivity contribution is -0.145. The zero-order valence-electron chi connectivity index (χ0n) is 20.1. The maximum atomic E-state index is 12.7. The first kappa shape index (κ1) is 23.8. The smallest absolute Gasteiger partial charge is 0.310 e. The fraction of sp³-hybridized carbons (Fsp3) is 0.885. The fourth-order valence-corrected chi connectivity index (χ4v) is 6.13. The highest BCUT2D eigenvalue weighted by Gasteiger charge is 2.52. The van der Waals surface area contributed by atoms with E-state index in [0.717, 1.165) is 32.4 Å². The van der Waals surface area contributed by atoms with Crippen LogP contribution in [0.25, 0.3) is 0 Å². The summed E-state index contributed by atoms with van der Waals surface area (Å²) in [5, 5.41) is 3.61. The minimum atomic E-state index is 0.0399. The highest BCUT2D eigenvalue weighted by molar-refractivity contribution is 5.76. The predicted octanol–water partition coefficient (Wildman–Crippen LogP) is 5.33. The quantitative estimate of drug-likeness (QED) is 0.264. The molecule has 1 heterocycles. The van der Waals surface area contributed by atoms with Crippen molar-refractivity contribution >= 4 is 5.97 Å². The fourth-order valence-electron chi connectivity index (χ4n) is 6.13. The van der Waals surface area contributed by atoms with Crippen LogP contribution < -0.4 is 5.32 Å². The van der Waals surface area contributed by atoms with Crippen LogP contribution in [0.3, 0.4) is 0 Å². The highest BCUT2D eigenvalue weighted by Crippen LogP contribution is 2.54. The highest BCUT2D eigenvalue weighted by atomic mass is 16.6. The maximum Gasteiger partial charge on any atom is 0.310 e. The topological polar surface area (TPSA) is 41.6 Å². The third-order valence-corrected chi connectivity index (χ3v) is 8.03. The molecule has 0 aromatic carbocycles. The number of rotatable bonds is 12. The Labute approximate surface area is 185 Å². The van der Waals surface area contributed by atoms with Crippen molar-refractivity contribution in [2.75, 3.05) is 32.7 Å². The van der Waals surface area contributed by atoms with Crippen molar-refractivity contribution in [2.45, 2.75) is 98.0 Å². The van der Waals surface area contributed by atoms with Gasteiger partial charge in [-0.2, -0.15) is 0 Å². The molecule has 4 heteroatoms. The monoisotopic (exact) mass is 418 g/mol. The normalized spacial score (nSPS) is 31.1. The molecule has 0 aromatic rings. The van der Waals surface area contributed by atoms with Crippen molar-refractivity contribution in [2.24, 2.45) is 17.3 Å². The van der Waals surface area contributed by atoms with Crippen LogP contribution in [-0.4, -0.2) is 49.7 Å². The third-order valence-electron chi connectivity index (χ3n) is 8.03. The van der Waals surface area contributed by atoms with Gasteiger partial charge in [0.05, 0.1) is 5.92 Å². The van der Waals surface area contributed by atoms with Gasteiger partial charge in [-0.1, -0.05) is 44.8 Å². The minimum absolute atomic E-state index is 0.0399. The zero-order valence-corrected chi connectivity index (χ0v) is 20.1. The van der Waals surface area contributed by atoms with E-state index in [4.69, 9.17) is 4.74 Å². The van der Waals surface area contributed by atoms with Crippen LogP contribution in [-0.2, 0) is 9.53 Å². The van der Waals surface area contributed by atoms with Crippen molar-refractivity contribution in [1.29, 1.82) is 0 Å². The van der Waals surface area contributed by atoms with Crippen molar-refractivity contribution in [3.63, 3.8) is 0 Å². The van der Waals surface area contributed by atoms with E-state index in [0.29, 0.717) is 5.92 Å². The molecule has 3 rings (SSSR count). The molecule has 1 aliphatic heterocycles. The lowest BCUT2D eigenvalue weighted by Crippen LogP contribution is -2.41. The van der Waals surface area contributed by atoms with Gasteiger partial charge >= 0.3 is 5.97 Å². The SMILES string of the molecule is CCCCN(CCCC)CCCNC[C@H]1C(=O)O[C@H]2C[C@@]3(C)CCCC(C)=C3C[C@@H]21. The molecule has 2 fully saturated rings. The van der Waals surface area contributed by atoms with Gasteiger partial charge in [0.25, 0.3) is 0 Å². The summed E-state index contributed by atoms with van der Waals surface area (Å²) in [6.07, 6.45) is 12.3. The van der Waals surface area contributed by atoms with E-state index in [1.54, 1.807) is 11.1 Å². The Kier molecular flexibility index (Phi) is 8.82. The lowest BCUT2D eigenvalue weighted by Gasteiger charge is -2.45. The molecular weight excluding hydrogens is 372 g/mol. The summed E-state index contributed by atoms with van der Waals surface area (Å²) in [7, 11) is 0. The molecular formula is C26H46N2O2. The molecule has 4 nitrogen and oxygen atoms in total. The summed E-state index contributed by atoms with van der Waals surface area (Å²) < 4.78 is 5.90. The van der Waals surface area contributed by atoms with Gasteiger partial charge in [-0.05, 0) is 89.9 Å². The van der Waals surface area contributed by atoms with Crippen LogP contribution in [0.5, 0.6) is 0 Å². The molecule has 0 radical (unpaired) electrons. The Morgan fingerprint density at radius 3 is 2.53 bits per heavy atom. The second-order valence-corrected chi connectivity index (χ2v) is 10.4. The Bertz CT molecular complexity index is 594. The van der Waals surface area contributed by atoms with Crippen LogP contribution in [0.15, 0.2) is 11.1 Å². The van der Waals surface area contributed by atoms with E-state index in [1.165, 1.54) is 64.6 Å². The van der Waals surface area contributed by atoms with Crippen molar-refractivity contribution < 1.29 is 9.53 Å². The molecule has 1 saturated heterocycles. The number of allylic oxidation sites excluding steroid dienone is 2. The number of ether oxygens (including phenoxy) is 1. The van der Waals surface area contributed by atoms with Gasteiger partial charge in [-0.25, -0.2) is 0 Å². The summed E-state index contributed by atoms with van der Waals surface area (Å²) in [6.45, 7) is 14.7. The van der Waals surface area contributed by atoms with Crippen molar-refractivity contribution in [3.05, 3.63) is 11.1 Å². The average molecular weight is 419 g/mol. The summed E-state index contributed by atoms with van der Waals surface area (Å²) in [5.74, 6) is 0.468. The first-order valence-electron chi connectivity index (χ1n) is 12.8. The zero-order chi connectivity index (χ0) is 21.6. The minimum Gasteiger partial charge on any atom is -0.462 e. The number of hydrogen-bond acceptors (Lipinski definition) is 4. The molecule has 0 unspecified atom stereocenters. The number of nitrogens with one attached hydrogen (secondary N) is 1. The van der Waals surface area contributed by atoms with E-state index in [-0.39, 0.29) is 23.4 Å². The molecule has 0 aromatic heterocycles. The molecule has 0 spiro atoms. The van der Waals surface area contributed by atoms with E-state index in [9.17, 15) is 4.79 Å². The van der Waals surface area contributed by atoms with Crippen LogP contribution >= 0.6 is 0 Å². The van der Waals surface area contributed by atoms with E-state index >= 15 is 0 Å². The predicted molar refractivity (Wildman–Crippen MR) is 124 cm³/mol. The standard InChI is InChI=1S/C26H46N2O2/c1-5-7-14-28(15-8-6-2)16-10-13-27-19-22-21-17-23-20(3)11-9-12-26(23,4)18-24(21)30-25(22)29/h21-22,24,27H,5-19H2,1-4H3/t21-,22-,24+,26-/m1/s1. The molecule has 4 atom stereocenters. The maximum absolute atomic E-state index is 12.7. The van der Waals surface area contributed by atoms with Crippen LogP contribution in [0.1, 0.15) is 91.9 Å². The van der Waals surface area contributed by atoms with Gasteiger partial charge in [-0.3, -0.25) is 4.79 Å². The first-order valence-corrected chi connectivity index (χ1v) is 12.8. The Balaban J connectivity index is 1.46. The van der Waals surface area contributed by atoms with Crippen molar-refractivity contribution in [3.8, 4) is 0 Å². The van der Waals surface area contributed by atoms with Gasteiger partial charge < -0.3 is 15.0 Å². The number of carbonyl (C=O) groups is 1. The summed E-state index contributed by atoms with van der Waals surface area (Å²) in [4.78, 5) is 15.3. The Morgan fingerprint density at radius 2 is 1.83 bits per heavy atom. The molecule has 172 valence electrons.